The van der Waals surface area contributed by atoms with Gasteiger partial charge in [-0.15, -0.1) is 0 Å². The molecule has 3 rings (SSSR count). The number of aromatic nitrogens is 1. The second-order valence-electron chi connectivity index (χ2n) is 6.66. The van der Waals surface area contributed by atoms with Gasteiger partial charge in [0.15, 0.2) is 9.84 Å². The van der Waals surface area contributed by atoms with E-state index in [0.717, 1.165) is 31.0 Å². The fraction of sp³-hybridized carbons (Fsp3) is 0.688. The van der Waals surface area contributed by atoms with E-state index in [2.05, 4.69) is 20.9 Å². The van der Waals surface area contributed by atoms with Crippen molar-refractivity contribution < 1.29 is 13.2 Å². The van der Waals surface area contributed by atoms with Crippen molar-refractivity contribution >= 4 is 9.84 Å². The fourth-order valence-corrected chi connectivity index (χ4v) is 5.87. The first-order valence-corrected chi connectivity index (χ1v) is 10.0. The fourth-order valence-electron chi connectivity index (χ4n) is 3.83. The van der Waals surface area contributed by atoms with Crippen LogP contribution in [-0.2, 0) is 21.1 Å². The minimum atomic E-state index is -3.01. The zero-order chi connectivity index (χ0) is 17.3. The Kier molecular flexibility index (Phi) is 4.97. The molecule has 0 spiro atoms. The van der Waals surface area contributed by atoms with Gasteiger partial charge in [0.2, 0.25) is 0 Å². The summed E-state index contributed by atoms with van der Waals surface area (Å²) in [5.74, 6) is 0.441. The summed E-state index contributed by atoms with van der Waals surface area (Å²) >= 11 is 0. The van der Waals surface area contributed by atoms with Crippen molar-refractivity contribution in [3.63, 3.8) is 0 Å². The summed E-state index contributed by atoms with van der Waals surface area (Å²) in [6.07, 6.45) is 0. The average Bonchev–Trinajstić information content (AvgIpc) is 3.05. The molecule has 8 heteroatoms. The number of sulfone groups is 1. The highest BCUT2D eigenvalue weighted by atomic mass is 32.2. The molecule has 2 aliphatic heterocycles. The minimum Gasteiger partial charge on any atom is -0.383 e. The second-order valence-corrected chi connectivity index (χ2v) is 8.81. The van der Waals surface area contributed by atoms with Crippen LogP contribution in [-0.4, -0.2) is 80.1 Å². The molecule has 0 amide bonds. The van der Waals surface area contributed by atoms with E-state index in [1.54, 1.807) is 7.11 Å². The van der Waals surface area contributed by atoms with Crippen LogP contribution in [0.25, 0.3) is 0 Å². The Morgan fingerprint density at radius 2 is 2.00 bits per heavy atom. The summed E-state index contributed by atoms with van der Waals surface area (Å²) in [4.78, 5) is 7.73. The quantitative estimate of drug-likeness (QED) is 0.810. The molecule has 2 aliphatic rings. The summed E-state index contributed by atoms with van der Waals surface area (Å²) < 4.78 is 29.5. The Morgan fingerprint density at radius 1 is 1.33 bits per heavy atom. The van der Waals surface area contributed by atoms with Crippen LogP contribution in [0, 0.1) is 18.3 Å². The van der Waals surface area contributed by atoms with E-state index in [1.807, 2.05) is 13.0 Å². The SMILES string of the molecule is COCCN1CCN(Cc2cc(C#N)c(C)[nH]2)[C@H]2CS(=O)(=O)C[C@H]21. The van der Waals surface area contributed by atoms with Crippen LogP contribution in [0.3, 0.4) is 0 Å². The van der Waals surface area contributed by atoms with Crippen molar-refractivity contribution in [2.24, 2.45) is 0 Å². The first-order chi connectivity index (χ1) is 11.4. The first kappa shape index (κ1) is 17.4. The number of nitriles is 1. The number of methoxy groups -OCH3 is 1. The smallest absolute Gasteiger partial charge is 0.153 e. The van der Waals surface area contributed by atoms with Gasteiger partial charge in [-0.2, -0.15) is 5.26 Å². The number of ether oxygens (including phenoxy) is 1. The Bertz CT molecular complexity index is 737. The third-order valence-corrected chi connectivity index (χ3v) is 6.75. The van der Waals surface area contributed by atoms with E-state index in [1.165, 1.54) is 0 Å². The van der Waals surface area contributed by atoms with Gasteiger partial charge >= 0.3 is 0 Å². The van der Waals surface area contributed by atoms with Crippen LogP contribution in [0.2, 0.25) is 0 Å². The van der Waals surface area contributed by atoms with Gasteiger partial charge in [0.05, 0.1) is 23.7 Å². The van der Waals surface area contributed by atoms with E-state index in [-0.39, 0.29) is 23.6 Å². The summed E-state index contributed by atoms with van der Waals surface area (Å²) in [5, 5.41) is 9.09. The van der Waals surface area contributed by atoms with E-state index in [4.69, 9.17) is 10.00 Å². The number of rotatable bonds is 5. The van der Waals surface area contributed by atoms with Crippen LogP contribution >= 0.6 is 0 Å². The van der Waals surface area contributed by atoms with Gasteiger partial charge in [-0.25, -0.2) is 8.42 Å². The van der Waals surface area contributed by atoms with Crippen molar-refractivity contribution in [3.8, 4) is 6.07 Å². The van der Waals surface area contributed by atoms with Crippen molar-refractivity contribution in [1.82, 2.24) is 14.8 Å². The largest absolute Gasteiger partial charge is 0.383 e. The van der Waals surface area contributed by atoms with Gasteiger partial charge in [0.1, 0.15) is 6.07 Å². The molecule has 3 heterocycles. The average molecular weight is 352 g/mol. The molecule has 1 aromatic heterocycles. The molecule has 0 aliphatic carbocycles. The number of hydrogen-bond acceptors (Lipinski definition) is 6. The molecule has 1 N–H and O–H groups in total. The van der Waals surface area contributed by atoms with Crippen molar-refractivity contribution in [2.45, 2.75) is 25.6 Å². The number of nitrogens with one attached hydrogen (secondary N) is 1. The molecule has 132 valence electrons. The molecule has 0 unspecified atom stereocenters. The van der Waals surface area contributed by atoms with Gasteiger partial charge in [-0.1, -0.05) is 0 Å². The highest BCUT2D eigenvalue weighted by molar-refractivity contribution is 7.91. The zero-order valence-electron chi connectivity index (χ0n) is 14.2. The minimum absolute atomic E-state index is 0.00903. The molecule has 2 atom stereocenters. The molecule has 0 bridgehead atoms. The monoisotopic (exact) mass is 352 g/mol. The third kappa shape index (κ3) is 3.49. The van der Waals surface area contributed by atoms with Crippen LogP contribution < -0.4 is 0 Å². The van der Waals surface area contributed by atoms with Crippen LogP contribution in [0.5, 0.6) is 0 Å². The molecular formula is C16H24N4O3S. The molecule has 7 nitrogen and oxygen atoms in total. The Morgan fingerprint density at radius 3 is 2.62 bits per heavy atom. The van der Waals surface area contributed by atoms with E-state index in [9.17, 15) is 8.42 Å². The zero-order valence-corrected chi connectivity index (χ0v) is 15.0. The van der Waals surface area contributed by atoms with Gasteiger partial charge < -0.3 is 9.72 Å². The Hall–Kier alpha value is -1.40. The van der Waals surface area contributed by atoms with Gasteiger partial charge in [-0.05, 0) is 13.0 Å². The number of nitrogens with zero attached hydrogens (tertiary/aromatic N) is 3. The lowest BCUT2D eigenvalue weighted by Crippen LogP contribution is -2.59. The standard InChI is InChI=1S/C16H24N4O3S/c1-12-13(8-17)7-14(18-12)9-20-4-3-19(5-6-23-2)15-10-24(21,22)11-16(15)20/h7,15-16,18H,3-6,9-11H2,1-2H3/t15-,16+/m1/s1. The maximum absolute atomic E-state index is 12.2. The number of fused-ring (bicyclic) bond motifs is 1. The molecule has 0 radical (unpaired) electrons. The molecule has 1 aromatic rings. The maximum Gasteiger partial charge on any atom is 0.153 e. The van der Waals surface area contributed by atoms with Gasteiger partial charge in [0.25, 0.3) is 0 Å². The maximum atomic E-state index is 12.2. The molecule has 0 saturated carbocycles. The lowest BCUT2D eigenvalue weighted by atomic mass is 10.0. The van der Waals surface area contributed by atoms with Crippen molar-refractivity contribution in [3.05, 3.63) is 23.0 Å². The van der Waals surface area contributed by atoms with E-state index >= 15 is 0 Å². The third-order valence-electron chi connectivity index (χ3n) is 5.05. The van der Waals surface area contributed by atoms with Crippen LogP contribution in [0.4, 0.5) is 0 Å². The lowest BCUT2D eigenvalue weighted by Gasteiger charge is -2.43. The van der Waals surface area contributed by atoms with Gasteiger partial charge in [0, 0.05) is 56.8 Å². The number of H-pyrrole nitrogens is 1. The van der Waals surface area contributed by atoms with Crippen LogP contribution in [0.15, 0.2) is 6.07 Å². The molecule has 2 saturated heterocycles. The summed E-state index contributed by atoms with van der Waals surface area (Å²) in [7, 11) is -1.34. The normalized spacial score (nSPS) is 27.0. The number of aromatic amines is 1. The number of piperazine rings is 1. The Labute approximate surface area is 143 Å². The van der Waals surface area contributed by atoms with Gasteiger partial charge in [-0.3, -0.25) is 9.80 Å². The van der Waals surface area contributed by atoms with E-state index < -0.39 is 9.84 Å². The molecule has 24 heavy (non-hydrogen) atoms. The number of aryl methyl sites for hydroxylation is 1. The lowest BCUT2D eigenvalue weighted by molar-refractivity contribution is 0.0247. The number of hydrogen-bond donors (Lipinski definition) is 1. The van der Waals surface area contributed by atoms with Crippen LogP contribution in [0.1, 0.15) is 17.0 Å². The molecular weight excluding hydrogens is 328 g/mol. The summed E-state index contributed by atoms with van der Waals surface area (Å²) in [5.41, 5.74) is 2.48. The molecule has 0 aromatic carbocycles. The first-order valence-electron chi connectivity index (χ1n) is 8.19. The van der Waals surface area contributed by atoms with E-state index in [0.29, 0.717) is 18.7 Å². The predicted molar refractivity (Wildman–Crippen MR) is 90.3 cm³/mol. The summed E-state index contributed by atoms with van der Waals surface area (Å²) in [6.45, 7) is 5.57. The predicted octanol–water partition coefficient (Wildman–Crippen LogP) is 0.124. The summed E-state index contributed by atoms with van der Waals surface area (Å²) in [6, 6.07) is 4.08. The Balaban J connectivity index is 1.76. The van der Waals surface area contributed by atoms with Crippen molar-refractivity contribution in [2.75, 3.05) is 44.9 Å². The molecule has 2 fully saturated rings. The highest BCUT2D eigenvalue weighted by Gasteiger charge is 2.46. The topological polar surface area (TPSA) is 89.4 Å². The highest BCUT2D eigenvalue weighted by Crippen LogP contribution is 2.28. The van der Waals surface area contributed by atoms with Crippen molar-refractivity contribution in [1.29, 1.82) is 5.26 Å². The second kappa shape index (κ2) is 6.84.